The number of aromatic nitrogens is 1. The molecule has 18 heavy (non-hydrogen) atoms. The van der Waals surface area contributed by atoms with E-state index in [-0.39, 0.29) is 6.61 Å². The van der Waals surface area contributed by atoms with E-state index in [2.05, 4.69) is 4.98 Å². The monoisotopic (exact) mass is 242 g/mol. The van der Waals surface area contributed by atoms with Crippen molar-refractivity contribution in [3.05, 3.63) is 65.5 Å². The van der Waals surface area contributed by atoms with Gasteiger partial charge in [0.1, 0.15) is 0 Å². The molecule has 0 bridgehead atoms. The van der Waals surface area contributed by atoms with E-state index in [1.54, 1.807) is 12.3 Å². The minimum absolute atomic E-state index is 0.216. The normalized spacial score (nSPS) is 11.2. The van der Waals surface area contributed by atoms with Crippen molar-refractivity contribution in [3.63, 3.8) is 0 Å². The van der Waals surface area contributed by atoms with Crippen LogP contribution in [0.15, 0.2) is 54.7 Å². The van der Waals surface area contributed by atoms with Crippen LogP contribution in [0.4, 0.5) is 0 Å². The van der Waals surface area contributed by atoms with Gasteiger partial charge in [-0.05, 0) is 6.07 Å². The van der Waals surface area contributed by atoms with Gasteiger partial charge in [0, 0.05) is 17.8 Å². The molecule has 0 aliphatic rings. The lowest BCUT2D eigenvalue weighted by molar-refractivity contribution is -0.471. The number of rotatable bonds is 5. The largest absolute Gasteiger partial charge is 0.624 e. The Morgan fingerprint density at radius 2 is 1.89 bits per heavy atom. The molecule has 2 rings (SSSR count). The Morgan fingerprint density at radius 3 is 2.61 bits per heavy atom. The minimum Gasteiger partial charge on any atom is -0.624 e. The minimum atomic E-state index is 0.216. The van der Waals surface area contributed by atoms with E-state index in [1.807, 2.05) is 42.5 Å². The van der Waals surface area contributed by atoms with Gasteiger partial charge in [0.25, 0.3) is 0 Å². The van der Waals surface area contributed by atoms with Crippen molar-refractivity contribution in [3.8, 4) is 5.88 Å². The van der Waals surface area contributed by atoms with Crippen LogP contribution in [0, 0.1) is 5.21 Å². The molecular formula is C14H14N2O2. The first-order valence-electron chi connectivity index (χ1n) is 5.69. The van der Waals surface area contributed by atoms with Gasteiger partial charge in [0.2, 0.25) is 5.88 Å². The van der Waals surface area contributed by atoms with Crippen molar-refractivity contribution < 1.29 is 9.48 Å². The fourth-order valence-corrected chi connectivity index (χ4v) is 1.47. The van der Waals surface area contributed by atoms with Crippen LogP contribution in [0.1, 0.15) is 5.56 Å². The molecule has 1 aromatic heterocycles. The Kier molecular flexibility index (Phi) is 4.30. The second kappa shape index (κ2) is 6.39. The summed E-state index contributed by atoms with van der Waals surface area (Å²) in [5.74, 6) is 0.516. The molecule has 1 aromatic carbocycles. The van der Waals surface area contributed by atoms with E-state index in [0.717, 1.165) is 10.3 Å². The average Bonchev–Trinajstić information content (AvgIpc) is 2.41. The lowest BCUT2D eigenvalue weighted by Gasteiger charge is -2.04. The van der Waals surface area contributed by atoms with Crippen molar-refractivity contribution in [2.45, 2.75) is 6.54 Å². The molecule has 2 aromatic rings. The quantitative estimate of drug-likeness (QED) is 0.349. The number of ether oxygens (including phenoxy) is 1. The molecule has 0 radical (unpaired) electrons. The molecule has 92 valence electrons. The highest BCUT2D eigenvalue weighted by atomic mass is 16.5. The maximum atomic E-state index is 11.6. The Hall–Kier alpha value is -2.36. The van der Waals surface area contributed by atoms with Gasteiger partial charge in [-0.2, -0.15) is 0 Å². The summed E-state index contributed by atoms with van der Waals surface area (Å²) in [6, 6.07) is 15.0. The number of hydrogen-bond acceptors (Lipinski definition) is 3. The van der Waals surface area contributed by atoms with E-state index in [1.165, 1.54) is 6.21 Å². The molecule has 4 heteroatoms. The van der Waals surface area contributed by atoms with Gasteiger partial charge in [-0.1, -0.05) is 36.4 Å². The van der Waals surface area contributed by atoms with Crippen molar-refractivity contribution in [2.24, 2.45) is 0 Å². The second-order valence-electron chi connectivity index (χ2n) is 3.72. The second-order valence-corrected chi connectivity index (χ2v) is 3.72. The number of nitrogens with zero attached hydrogens (tertiary/aromatic N) is 2. The van der Waals surface area contributed by atoms with E-state index in [9.17, 15) is 5.21 Å². The molecule has 0 aliphatic carbocycles. The van der Waals surface area contributed by atoms with Crippen LogP contribution in [-0.2, 0) is 6.54 Å². The molecule has 0 fully saturated rings. The zero-order valence-corrected chi connectivity index (χ0v) is 9.90. The maximum absolute atomic E-state index is 11.6. The van der Waals surface area contributed by atoms with E-state index >= 15 is 0 Å². The number of pyridine rings is 1. The lowest BCUT2D eigenvalue weighted by atomic mass is 10.2. The summed E-state index contributed by atoms with van der Waals surface area (Å²) in [7, 11) is 0. The van der Waals surface area contributed by atoms with Crippen LogP contribution in [0.3, 0.4) is 0 Å². The zero-order chi connectivity index (χ0) is 12.6. The first kappa shape index (κ1) is 12.1. The Labute approximate surface area is 106 Å². The molecule has 0 aliphatic heterocycles. The summed E-state index contributed by atoms with van der Waals surface area (Å²) in [5, 5.41) is 11.6. The molecular weight excluding hydrogens is 228 g/mol. The molecule has 0 saturated heterocycles. The molecule has 0 N–H and O–H groups in total. The summed E-state index contributed by atoms with van der Waals surface area (Å²) in [6.07, 6.45) is 3.11. The molecule has 1 heterocycles. The van der Waals surface area contributed by atoms with Gasteiger partial charge in [-0.25, -0.2) is 9.72 Å². The van der Waals surface area contributed by atoms with E-state index in [0.29, 0.717) is 12.4 Å². The number of benzene rings is 1. The number of hydroxylamine groups is 1. The fourth-order valence-electron chi connectivity index (χ4n) is 1.47. The molecule has 0 unspecified atom stereocenters. The average molecular weight is 242 g/mol. The van der Waals surface area contributed by atoms with Crippen LogP contribution in [-0.4, -0.2) is 22.5 Å². The summed E-state index contributed by atoms with van der Waals surface area (Å²) < 4.78 is 6.17. The SMILES string of the molecule is [O-]/[N+](=C\COc1ccccn1)Cc1ccccc1. The van der Waals surface area contributed by atoms with Crippen molar-refractivity contribution in [1.82, 2.24) is 4.98 Å². The number of hydrogen-bond donors (Lipinski definition) is 0. The van der Waals surface area contributed by atoms with Gasteiger partial charge < -0.3 is 9.94 Å². The molecule has 0 spiro atoms. The highest BCUT2D eigenvalue weighted by molar-refractivity contribution is 5.53. The highest BCUT2D eigenvalue weighted by Gasteiger charge is 1.98. The van der Waals surface area contributed by atoms with Crippen molar-refractivity contribution in [1.29, 1.82) is 0 Å². The highest BCUT2D eigenvalue weighted by Crippen LogP contribution is 2.02. The third kappa shape index (κ3) is 3.90. The van der Waals surface area contributed by atoms with Gasteiger partial charge in [0.05, 0.1) is 0 Å². The first-order valence-corrected chi connectivity index (χ1v) is 5.69. The van der Waals surface area contributed by atoms with Crippen LogP contribution in [0.5, 0.6) is 5.88 Å². The smallest absolute Gasteiger partial charge is 0.213 e. The Balaban J connectivity index is 1.83. The zero-order valence-electron chi connectivity index (χ0n) is 9.90. The lowest BCUT2D eigenvalue weighted by Crippen LogP contribution is -2.11. The maximum Gasteiger partial charge on any atom is 0.213 e. The van der Waals surface area contributed by atoms with Gasteiger partial charge in [-0.15, -0.1) is 0 Å². The Bertz CT molecular complexity index is 498. The predicted molar refractivity (Wildman–Crippen MR) is 69.6 cm³/mol. The van der Waals surface area contributed by atoms with Gasteiger partial charge in [-0.3, -0.25) is 0 Å². The summed E-state index contributed by atoms with van der Waals surface area (Å²) >= 11 is 0. The van der Waals surface area contributed by atoms with Crippen LogP contribution in [0.25, 0.3) is 0 Å². The molecule has 4 nitrogen and oxygen atoms in total. The molecule has 0 amide bonds. The third-order valence-corrected chi connectivity index (χ3v) is 2.33. The summed E-state index contributed by atoms with van der Waals surface area (Å²) in [6.45, 7) is 0.541. The fraction of sp³-hybridized carbons (Fsp3) is 0.143. The topological polar surface area (TPSA) is 48.2 Å². The summed E-state index contributed by atoms with van der Waals surface area (Å²) in [5.41, 5.74) is 0.974. The third-order valence-electron chi connectivity index (χ3n) is 2.33. The Morgan fingerprint density at radius 1 is 1.11 bits per heavy atom. The van der Waals surface area contributed by atoms with Crippen LogP contribution < -0.4 is 4.74 Å². The van der Waals surface area contributed by atoms with Crippen molar-refractivity contribution >= 4 is 6.21 Å². The predicted octanol–water partition coefficient (Wildman–Crippen LogP) is 2.24. The van der Waals surface area contributed by atoms with E-state index < -0.39 is 0 Å². The molecule has 0 saturated carbocycles. The van der Waals surface area contributed by atoms with Gasteiger partial charge in [0.15, 0.2) is 19.4 Å². The van der Waals surface area contributed by atoms with Gasteiger partial charge >= 0.3 is 0 Å². The van der Waals surface area contributed by atoms with Crippen LogP contribution in [0.2, 0.25) is 0 Å². The summed E-state index contributed by atoms with van der Waals surface area (Å²) in [4.78, 5) is 4.00. The van der Waals surface area contributed by atoms with E-state index in [4.69, 9.17) is 4.74 Å². The van der Waals surface area contributed by atoms with Crippen molar-refractivity contribution in [2.75, 3.05) is 6.61 Å². The first-order chi connectivity index (χ1) is 8.84. The molecule has 0 atom stereocenters. The standard InChI is InChI=1S/C14H14N2O2/c17-16(12-13-6-2-1-3-7-13)10-11-18-14-8-4-5-9-15-14/h1-10H,11-12H2/b16-10-. The van der Waals surface area contributed by atoms with Crippen LogP contribution >= 0.6 is 0 Å².